The van der Waals surface area contributed by atoms with Gasteiger partial charge in [0.2, 0.25) is 0 Å². The molecule has 0 bridgehead atoms. The number of unbranched alkanes of at least 4 members (excludes halogenated alkanes) is 1. The van der Waals surface area contributed by atoms with E-state index in [1.165, 1.54) is 0 Å². The number of aliphatic hydroxyl groups excluding tert-OH is 1. The number of hydrogen-bond acceptors (Lipinski definition) is 3. The molecule has 1 rings (SSSR count). The summed E-state index contributed by atoms with van der Waals surface area (Å²) in [5, 5.41) is 19.1. The van der Waals surface area contributed by atoms with Gasteiger partial charge in [0.1, 0.15) is 0 Å². The Balaban J connectivity index is 2.48. The third-order valence-corrected chi connectivity index (χ3v) is 5.18. The van der Waals surface area contributed by atoms with Crippen LogP contribution in [0.15, 0.2) is 36.5 Å². The average Bonchev–Trinajstić information content (AvgIpc) is 2.96. The van der Waals surface area contributed by atoms with E-state index in [4.69, 9.17) is 5.11 Å². The SMILES string of the molecule is CCCC[C@@H](C)[C@H](O)C=C[C@H]1C=CC(=O)[C@@H]1C/C=C\CCC(C)C(=O)O. The lowest BCUT2D eigenvalue weighted by atomic mass is 9.89. The highest BCUT2D eigenvalue weighted by Gasteiger charge is 2.27. The van der Waals surface area contributed by atoms with Crippen LogP contribution in [0.1, 0.15) is 59.3 Å². The van der Waals surface area contributed by atoms with Crippen LogP contribution in [0.5, 0.6) is 0 Å². The van der Waals surface area contributed by atoms with Crippen molar-refractivity contribution >= 4 is 11.8 Å². The lowest BCUT2D eigenvalue weighted by Gasteiger charge is -2.17. The summed E-state index contributed by atoms with van der Waals surface area (Å²) in [6.45, 7) is 5.90. The van der Waals surface area contributed by atoms with Gasteiger partial charge in [-0.15, -0.1) is 0 Å². The Labute approximate surface area is 157 Å². The van der Waals surface area contributed by atoms with E-state index in [1.54, 1.807) is 13.0 Å². The molecule has 4 nitrogen and oxygen atoms in total. The number of hydrogen-bond donors (Lipinski definition) is 2. The van der Waals surface area contributed by atoms with Crippen molar-refractivity contribution < 1.29 is 19.8 Å². The Morgan fingerprint density at radius 3 is 2.65 bits per heavy atom. The molecule has 0 aliphatic heterocycles. The number of allylic oxidation sites excluding steroid dienone is 5. The van der Waals surface area contributed by atoms with Crippen LogP contribution in [0.4, 0.5) is 0 Å². The number of carbonyl (C=O) groups is 2. The van der Waals surface area contributed by atoms with Crippen molar-refractivity contribution in [1.29, 1.82) is 0 Å². The molecule has 0 spiro atoms. The molecule has 0 heterocycles. The van der Waals surface area contributed by atoms with Gasteiger partial charge in [0.15, 0.2) is 5.78 Å². The summed E-state index contributed by atoms with van der Waals surface area (Å²) in [4.78, 5) is 22.9. The standard InChI is InChI=1S/C22H34O4/c1-4-5-9-16(2)20(23)14-12-18-13-15-21(24)19(18)11-8-6-7-10-17(3)22(25)26/h6,8,12-20,23H,4-5,7,9-11H2,1-3H3,(H,25,26)/b8-6-,14-12?/t16-,17?,18+,19-,20-/m1/s1. The van der Waals surface area contributed by atoms with Crippen molar-refractivity contribution in [2.45, 2.75) is 65.4 Å². The highest BCUT2D eigenvalue weighted by molar-refractivity contribution is 5.95. The number of ketones is 1. The molecule has 1 unspecified atom stereocenters. The third-order valence-electron chi connectivity index (χ3n) is 5.18. The first-order valence-electron chi connectivity index (χ1n) is 9.83. The predicted octanol–water partition coefficient (Wildman–Crippen LogP) is 4.55. The molecule has 0 saturated carbocycles. The molecule has 5 atom stereocenters. The van der Waals surface area contributed by atoms with E-state index in [1.807, 2.05) is 30.4 Å². The number of aliphatic carboxylic acids is 1. The summed E-state index contributed by atoms with van der Waals surface area (Å²) in [5.74, 6) is -0.860. The minimum atomic E-state index is -0.773. The number of carboxylic acid groups (broad SMARTS) is 1. The molecule has 0 fully saturated rings. The second kappa shape index (κ2) is 11.8. The molecule has 0 radical (unpaired) electrons. The number of carbonyl (C=O) groups excluding carboxylic acids is 1. The molecular formula is C22H34O4. The molecule has 4 heteroatoms. The van der Waals surface area contributed by atoms with Crippen LogP contribution in [0, 0.1) is 23.7 Å². The van der Waals surface area contributed by atoms with Gasteiger partial charge in [0.25, 0.3) is 0 Å². The topological polar surface area (TPSA) is 74.6 Å². The fourth-order valence-electron chi connectivity index (χ4n) is 3.08. The zero-order chi connectivity index (χ0) is 19.5. The molecular weight excluding hydrogens is 328 g/mol. The summed E-state index contributed by atoms with van der Waals surface area (Å²) in [6, 6.07) is 0. The van der Waals surface area contributed by atoms with Gasteiger partial charge >= 0.3 is 5.97 Å². The number of rotatable bonds is 12. The van der Waals surface area contributed by atoms with Crippen molar-refractivity contribution in [3.63, 3.8) is 0 Å². The Kier molecular flexibility index (Phi) is 10.2. The van der Waals surface area contributed by atoms with Crippen molar-refractivity contribution in [2.24, 2.45) is 23.7 Å². The summed E-state index contributed by atoms with van der Waals surface area (Å²) in [6.07, 6.45) is 16.0. The highest BCUT2D eigenvalue weighted by Crippen LogP contribution is 2.28. The monoisotopic (exact) mass is 362 g/mol. The predicted molar refractivity (Wildman–Crippen MR) is 105 cm³/mol. The van der Waals surface area contributed by atoms with E-state index in [9.17, 15) is 14.7 Å². The molecule has 0 saturated heterocycles. The maximum Gasteiger partial charge on any atom is 0.306 e. The fraction of sp³-hybridized carbons (Fsp3) is 0.636. The quantitative estimate of drug-likeness (QED) is 0.500. The normalized spacial score (nSPS) is 23.8. The van der Waals surface area contributed by atoms with Gasteiger partial charge in [0.05, 0.1) is 12.0 Å². The van der Waals surface area contributed by atoms with Crippen LogP contribution >= 0.6 is 0 Å². The van der Waals surface area contributed by atoms with Crippen molar-refractivity contribution in [3.05, 3.63) is 36.5 Å². The zero-order valence-electron chi connectivity index (χ0n) is 16.3. The maximum absolute atomic E-state index is 12.1. The van der Waals surface area contributed by atoms with Gasteiger partial charge in [-0.3, -0.25) is 9.59 Å². The largest absolute Gasteiger partial charge is 0.481 e. The zero-order valence-corrected chi connectivity index (χ0v) is 16.3. The van der Waals surface area contributed by atoms with Crippen LogP contribution in [0.25, 0.3) is 0 Å². The van der Waals surface area contributed by atoms with Crippen molar-refractivity contribution in [2.75, 3.05) is 0 Å². The highest BCUT2D eigenvalue weighted by atomic mass is 16.4. The van der Waals surface area contributed by atoms with Crippen LogP contribution in [-0.4, -0.2) is 28.1 Å². The Bertz CT molecular complexity index is 532. The molecule has 1 aliphatic rings. The van der Waals surface area contributed by atoms with E-state index < -0.39 is 12.1 Å². The van der Waals surface area contributed by atoms with Crippen LogP contribution in [0.3, 0.4) is 0 Å². The molecule has 0 aromatic carbocycles. The molecule has 1 aliphatic carbocycles. The second-order valence-electron chi connectivity index (χ2n) is 7.46. The van der Waals surface area contributed by atoms with Gasteiger partial charge in [-0.05, 0) is 37.7 Å². The summed E-state index contributed by atoms with van der Waals surface area (Å²) >= 11 is 0. The maximum atomic E-state index is 12.1. The van der Waals surface area contributed by atoms with Crippen molar-refractivity contribution in [3.8, 4) is 0 Å². The minimum absolute atomic E-state index is 0.0260. The number of carboxylic acids is 1. The first kappa shape index (κ1) is 22.4. The van der Waals surface area contributed by atoms with E-state index in [0.717, 1.165) is 19.3 Å². The molecule has 2 N–H and O–H groups in total. The summed E-state index contributed by atoms with van der Waals surface area (Å²) in [5.41, 5.74) is 0. The average molecular weight is 363 g/mol. The Hall–Kier alpha value is -1.68. The van der Waals surface area contributed by atoms with Crippen LogP contribution in [0.2, 0.25) is 0 Å². The third kappa shape index (κ3) is 7.69. The van der Waals surface area contributed by atoms with Crippen molar-refractivity contribution in [1.82, 2.24) is 0 Å². The van der Waals surface area contributed by atoms with E-state index in [-0.39, 0.29) is 29.5 Å². The summed E-state index contributed by atoms with van der Waals surface area (Å²) < 4.78 is 0. The van der Waals surface area contributed by atoms with Crippen LogP contribution < -0.4 is 0 Å². The Morgan fingerprint density at radius 2 is 2.00 bits per heavy atom. The molecule has 26 heavy (non-hydrogen) atoms. The first-order valence-corrected chi connectivity index (χ1v) is 9.83. The first-order chi connectivity index (χ1) is 12.4. The summed E-state index contributed by atoms with van der Waals surface area (Å²) in [7, 11) is 0. The molecule has 0 amide bonds. The molecule has 0 aromatic rings. The Morgan fingerprint density at radius 1 is 1.27 bits per heavy atom. The van der Waals surface area contributed by atoms with E-state index >= 15 is 0 Å². The lowest BCUT2D eigenvalue weighted by Crippen LogP contribution is -2.17. The van der Waals surface area contributed by atoms with Gasteiger partial charge < -0.3 is 10.2 Å². The van der Waals surface area contributed by atoms with Gasteiger partial charge in [-0.25, -0.2) is 0 Å². The van der Waals surface area contributed by atoms with Gasteiger partial charge in [-0.2, -0.15) is 0 Å². The van der Waals surface area contributed by atoms with E-state index in [0.29, 0.717) is 19.3 Å². The lowest BCUT2D eigenvalue weighted by molar-refractivity contribution is -0.141. The van der Waals surface area contributed by atoms with Gasteiger partial charge in [-0.1, -0.05) is 64.0 Å². The second-order valence-corrected chi connectivity index (χ2v) is 7.46. The number of aliphatic hydroxyl groups is 1. The van der Waals surface area contributed by atoms with Crippen LogP contribution in [-0.2, 0) is 9.59 Å². The smallest absolute Gasteiger partial charge is 0.306 e. The molecule has 146 valence electrons. The fourth-order valence-corrected chi connectivity index (χ4v) is 3.08. The minimum Gasteiger partial charge on any atom is -0.481 e. The van der Waals surface area contributed by atoms with E-state index in [2.05, 4.69) is 13.8 Å². The van der Waals surface area contributed by atoms with Gasteiger partial charge in [0, 0.05) is 11.8 Å². The molecule has 0 aromatic heterocycles.